The van der Waals surface area contributed by atoms with Gasteiger partial charge in [0.05, 0.1) is 0 Å². The zero-order valence-electron chi connectivity index (χ0n) is 15.5. The number of rotatable bonds is 5. The van der Waals surface area contributed by atoms with E-state index < -0.39 is 11.2 Å². The van der Waals surface area contributed by atoms with E-state index in [4.69, 9.17) is 0 Å². The molecule has 3 rings (SSSR count). The molecule has 0 spiro atoms. The minimum absolute atomic E-state index is 0.0331. The van der Waals surface area contributed by atoms with Crippen LogP contribution in [0.4, 0.5) is 0 Å². The maximum atomic E-state index is 12.7. The number of hydrogen-bond acceptors (Lipinski definition) is 5. The number of benzene rings is 1. The second-order valence-corrected chi connectivity index (χ2v) is 6.41. The summed E-state index contributed by atoms with van der Waals surface area (Å²) in [5, 5.41) is 2.94. The summed E-state index contributed by atoms with van der Waals surface area (Å²) in [5.41, 5.74) is -0.155. The van der Waals surface area contributed by atoms with Gasteiger partial charge in [-0.1, -0.05) is 37.3 Å². The van der Waals surface area contributed by atoms with Crippen molar-refractivity contribution in [2.24, 2.45) is 7.05 Å². The van der Waals surface area contributed by atoms with E-state index in [0.717, 1.165) is 16.6 Å². The Morgan fingerprint density at radius 3 is 2.59 bits per heavy atom. The molecule has 1 atom stereocenters. The average Bonchev–Trinajstić information content (AvgIpc) is 2.69. The van der Waals surface area contributed by atoms with E-state index in [-0.39, 0.29) is 29.5 Å². The summed E-state index contributed by atoms with van der Waals surface area (Å²) >= 11 is 0. The maximum Gasteiger partial charge on any atom is 0.332 e. The molecule has 0 aliphatic rings. The van der Waals surface area contributed by atoms with E-state index in [1.54, 1.807) is 0 Å². The van der Waals surface area contributed by atoms with Crippen LogP contribution >= 0.6 is 0 Å². The predicted octanol–water partition coefficient (Wildman–Crippen LogP) is 1.07. The van der Waals surface area contributed by atoms with Crippen molar-refractivity contribution in [3.63, 3.8) is 0 Å². The van der Waals surface area contributed by atoms with Crippen molar-refractivity contribution in [3.05, 3.63) is 57.4 Å². The van der Waals surface area contributed by atoms with Crippen LogP contribution in [0, 0.1) is 0 Å². The normalized spacial score (nSPS) is 12.1. The van der Waals surface area contributed by atoms with Crippen LogP contribution in [0.15, 0.2) is 46.1 Å². The Kier molecular flexibility index (Phi) is 5.16. The van der Waals surface area contributed by atoms with Crippen LogP contribution in [0.2, 0.25) is 0 Å². The third-order valence-corrected chi connectivity index (χ3v) is 4.43. The molecule has 2 heterocycles. The fourth-order valence-electron chi connectivity index (χ4n) is 2.72. The Hall–Kier alpha value is -3.29. The minimum atomic E-state index is -0.593. The molecule has 1 aromatic carbocycles. The van der Waals surface area contributed by atoms with E-state index >= 15 is 0 Å². The monoisotopic (exact) mass is 367 g/mol. The van der Waals surface area contributed by atoms with E-state index in [1.807, 2.05) is 44.2 Å². The molecule has 0 radical (unpaired) electrons. The van der Waals surface area contributed by atoms with E-state index in [1.165, 1.54) is 17.8 Å². The van der Waals surface area contributed by atoms with Gasteiger partial charge in [0.2, 0.25) is 5.91 Å². The number of aromatic nitrogens is 4. The average molecular weight is 367 g/mol. The molecule has 0 fully saturated rings. The second kappa shape index (κ2) is 7.53. The molecule has 140 valence electrons. The fourth-order valence-corrected chi connectivity index (χ4v) is 2.72. The third-order valence-electron chi connectivity index (χ3n) is 4.43. The van der Waals surface area contributed by atoms with Gasteiger partial charge in [-0.05, 0) is 13.3 Å². The number of amides is 1. The van der Waals surface area contributed by atoms with Crippen LogP contribution in [0.5, 0.6) is 0 Å². The van der Waals surface area contributed by atoms with Crippen molar-refractivity contribution < 1.29 is 4.79 Å². The lowest BCUT2D eigenvalue weighted by molar-refractivity contribution is -0.122. The largest absolute Gasteiger partial charge is 0.352 e. The molecule has 1 N–H and O–H groups in total. The topological polar surface area (TPSA) is 98.9 Å². The molecule has 27 heavy (non-hydrogen) atoms. The Morgan fingerprint density at radius 2 is 1.93 bits per heavy atom. The smallest absolute Gasteiger partial charge is 0.332 e. The van der Waals surface area contributed by atoms with Crippen LogP contribution in [0.3, 0.4) is 0 Å². The first-order valence-electron chi connectivity index (χ1n) is 8.73. The first kappa shape index (κ1) is 18.5. The van der Waals surface area contributed by atoms with Gasteiger partial charge in [-0.2, -0.15) is 0 Å². The highest BCUT2D eigenvalue weighted by Gasteiger charge is 2.16. The summed E-state index contributed by atoms with van der Waals surface area (Å²) in [5.74, 6) is 0.0366. The number of hydrogen-bond donors (Lipinski definition) is 1. The highest BCUT2D eigenvalue weighted by atomic mass is 16.2. The van der Waals surface area contributed by atoms with Crippen LogP contribution in [0.1, 0.15) is 20.3 Å². The summed E-state index contributed by atoms with van der Waals surface area (Å²) in [6.45, 7) is 3.46. The summed E-state index contributed by atoms with van der Waals surface area (Å²) in [6.07, 6.45) is 2.15. The summed E-state index contributed by atoms with van der Waals surface area (Å²) < 4.78 is 2.17. The molecule has 0 bridgehead atoms. The Bertz CT molecular complexity index is 1100. The molecule has 0 saturated heterocycles. The van der Waals surface area contributed by atoms with Gasteiger partial charge in [0.15, 0.2) is 11.5 Å². The Morgan fingerprint density at radius 1 is 1.22 bits per heavy atom. The van der Waals surface area contributed by atoms with E-state index in [9.17, 15) is 14.4 Å². The first-order chi connectivity index (χ1) is 12.9. The predicted molar refractivity (Wildman–Crippen MR) is 102 cm³/mol. The quantitative estimate of drug-likeness (QED) is 0.727. The van der Waals surface area contributed by atoms with Crippen molar-refractivity contribution >= 4 is 16.9 Å². The highest BCUT2D eigenvalue weighted by Crippen LogP contribution is 2.15. The SMILES string of the molecule is CC[C@@H](C)NC(=O)Cn1c(=O)c2cnc(-c3ccccc3)nc2n(C)c1=O. The van der Waals surface area contributed by atoms with Gasteiger partial charge in [0.25, 0.3) is 5.56 Å². The summed E-state index contributed by atoms with van der Waals surface area (Å²) in [4.78, 5) is 46.1. The zero-order chi connectivity index (χ0) is 19.6. The molecule has 3 aromatic rings. The Balaban J connectivity index is 2.08. The summed E-state index contributed by atoms with van der Waals surface area (Å²) in [7, 11) is 1.52. The van der Waals surface area contributed by atoms with Crippen molar-refractivity contribution in [1.82, 2.24) is 24.4 Å². The van der Waals surface area contributed by atoms with Gasteiger partial charge in [0, 0.05) is 24.8 Å². The van der Waals surface area contributed by atoms with Gasteiger partial charge in [-0.3, -0.25) is 18.7 Å². The Labute approximate surface area is 155 Å². The second-order valence-electron chi connectivity index (χ2n) is 6.41. The molecule has 8 nitrogen and oxygen atoms in total. The minimum Gasteiger partial charge on any atom is -0.352 e. The molecule has 0 aliphatic heterocycles. The number of nitrogens with one attached hydrogen (secondary N) is 1. The van der Waals surface area contributed by atoms with Crippen LogP contribution in [0.25, 0.3) is 22.4 Å². The van der Waals surface area contributed by atoms with Gasteiger partial charge in [-0.25, -0.2) is 14.8 Å². The third kappa shape index (κ3) is 3.64. The summed E-state index contributed by atoms with van der Waals surface area (Å²) in [6, 6.07) is 9.25. The lowest BCUT2D eigenvalue weighted by atomic mass is 10.2. The number of aryl methyl sites for hydroxylation is 1. The van der Waals surface area contributed by atoms with Crippen molar-refractivity contribution in [2.45, 2.75) is 32.9 Å². The maximum absolute atomic E-state index is 12.7. The molecule has 0 saturated carbocycles. The molecule has 1 amide bonds. The molecule has 2 aromatic heterocycles. The highest BCUT2D eigenvalue weighted by molar-refractivity contribution is 5.78. The fraction of sp³-hybridized carbons (Fsp3) is 0.316. The molecular formula is C19H21N5O3. The van der Waals surface area contributed by atoms with Gasteiger partial charge >= 0.3 is 5.69 Å². The lowest BCUT2D eigenvalue weighted by Gasteiger charge is -2.13. The number of nitrogens with zero attached hydrogens (tertiary/aromatic N) is 4. The standard InChI is InChI=1S/C19H21N5O3/c1-4-12(2)21-15(25)11-24-18(26)14-10-20-16(13-8-6-5-7-9-13)22-17(14)23(3)19(24)27/h5-10,12H,4,11H2,1-3H3,(H,21,25)/t12-/m1/s1. The zero-order valence-corrected chi connectivity index (χ0v) is 15.5. The van der Waals surface area contributed by atoms with Gasteiger partial charge in [0.1, 0.15) is 11.9 Å². The molecule has 0 unspecified atom stereocenters. The lowest BCUT2D eigenvalue weighted by Crippen LogP contribution is -2.44. The van der Waals surface area contributed by atoms with Crippen LogP contribution < -0.4 is 16.6 Å². The molecule has 8 heteroatoms. The van der Waals surface area contributed by atoms with Crippen LogP contribution in [-0.4, -0.2) is 31.1 Å². The van der Waals surface area contributed by atoms with Crippen molar-refractivity contribution in [2.75, 3.05) is 0 Å². The van der Waals surface area contributed by atoms with Crippen molar-refractivity contribution in [1.29, 1.82) is 0 Å². The van der Waals surface area contributed by atoms with Gasteiger partial charge < -0.3 is 5.32 Å². The number of fused-ring (bicyclic) bond motifs is 1. The van der Waals surface area contributed by atoms with E-state index in [2.05, 4.69) is 15.3 Å². The molecular weight excluding hydrogens is 346 g/mol. The molecule has 0 aliphatic carbocycles. The van der Waals surface area contributed by atoms with Gasteiger partial charge in [-0.15, -0.1) is 0 Å². The first-order valence-corrected chi connectivity index (χ1v) is 8.73. The van der Waals surface area contributed by atoms with Crippen molar-refractivity contribution in [3.8, 4) is 11.4 Å². The number of carbonyl (C=O) groups is 1. The van der Waals surface area contributed by atoms with Crippen LogP contribution in [-0.2, 0) is 18.4 Å². The van der Waals surface area contributed by atoms with E-state index in [0.29, 0.717) is 5.82 Å². The number of carbonyl (C=O) groups excluding carboxylic acids is 1.